The van der Waals surface area contributed by atoms with Crippen LogP contribution in [0.15, 0.2) is 24.3 Å². The fourth-order valence-corrected chi connectivity index (χ4v) is 1.89. The van der Waals surface area contributed by atoms with E-state index in [1.54, 1.807) is 0 Å². The van der Waals surface area contributed by atoms with Crippen LogP contribution in [0.4, 0.5) is 0 Å². The van der Waals surface area contributed by atoms with Crippen LogP contribution in [0.2, 0.25) is 0 Å². The fraction of sp³-hybridized carbons (Fsp3) is 0.333. The van der Waals surface area contributed by atoms with Crippen LogP contribution in [0.5, 0.6) is 0 Å². The Balaban J connectivity index is 2.73. The molecule has 0 aliphatic heterocycles. The van der Waals surface area contributed by atoms with Crippen molar-refractivity contribution in [2.75, 3.05) is 19.1 Å². The van der Waals surface area contributed by atoms with E-state index in [4.69, 9.17) is 0 Å². The molecular weight excluding hydrogens is 256 g/mol. The monoisotopic (exact) mass is 270 g/mol. The number of ketones is 1. The summed E-state index contributed by atoms with van der Waals surface area (Å²) < 4.78 is 26.4. The Morgan fingerprint density at radius 2 is 1.61 bits per heavy atom. The Morgan fingerprint density at radius 3 is 2.06 bits per heavy atom. The van der Waals surface area contributed by atoms with E-state index in [0.29, 0.717) is 11.1 Å². The second-order valence-corrected chi connectivity index (χ2v) is 6.13. The SMILES string of the molecule is COC(=O)c1ccc(C(=O)CCS(C)(=O)=O)cc1. The number of hydrogen-bond acceptors (Lipinski definition) is 5. The summed E-state index contributed by atoms with van der Waals surface area (Å²) in [6.45, 7) is 0. The van der Waals surface area contributed by atoms with Gasteiger partial charge in [-0.3, -0.25) is 4.79 Å². The molecule has 1 rings (SSSR count). The zero-order valence-corrected chi connectivity index (χ0v) is 11.0. The molecule has 1 aromatic carbocycles. The van der Waals surface area contributed by atoms with Gasteiger partial charge in [0.1, 0.15) is 9.84 Å². The van der Waals surface area contributed by atoms with Crippen molar-refractivity contribution >= 4 is 21.6 Å². The van der Waals surface area contributed by atoms with E-state index in [-0.39, 0.29) is 18.0 Å². The van der Waals surface area contributed by atoms with Crippen LogP contribution >= 0.6 is 0 Å². The van der Waals surface area contributed by atoms with Crippen LogP contribution in [-0.2, 0) is 14.6 Å². The van der Waals surface area contributed by atoms with Crippen LogP contribution in [0.25, 0.3) is 0 Å². The lowest BCUT2D eigenvalue weighted by Crippen LogP contribution is -2.10. The Hall–Kier alpha value is -1.69. The maximum absolute atomic E-state index is 11.7. The van der Waals surface area contributed by atoms with E-state index >= 15 is 0 Å². The number of benzene rings is 1. The van der Waals surface area contributed by atoms with Gasteiger partial charge in [0, 0.05) is 18.2 Å². The average Bonchev–Trinajstić information content (AvgIpc) is 2.34. The molecule has 0 saturated carbocycles. The number of hydrogen-bond donors (Lipinski definition) is 0. The summed E-state index contributed by atoms with van der Waals surface area (Å²) in [5, 5.41) is 0. The Morgan fingerprint density at radius 1 is 1.11 bits per heavy atom. The highest BCUT2D eigenvalue weighted by Crippen LogP contribution is 2.08. The van der Waals surface area contributed by atoms with E-state index < -0.39 is 15.8 Å². The summed E-state index contributed by atoms with van der Waals surface area (Å²) in [7, 11) is -1.88. The van der Waals surface area contributed by atoms with Gasteiger partial charge in [0.2, 0.25) is 0 Å². The quantitative estimate of drug-likeness (QED) is 0.591. The van der Waals surface area contributed by atoms with Crippen LogP contribution < -0.4 is 0 Å². The van der Waals surface area contributed by atoms with E-state index in [0.717, 1.165) is 6.26 Å². The van der Waals surface area contributed by atoms with Crippen LogP contribution in [0, 0.1) is 0 Å². The second-order valence-electron chi connectivity index (χ2n) is 3.87. The van der Waals surface area contributed by atoms with Gasteiger partial charge >= 0.3 is 5.97 Å². The highest BCUT2D eigenvalue weighted by molar-refractivity contribution is 7.90. The lowest BCUT2D eigenvalue weighted by Gasteiger charge is -2.02. The van der Waals surface area contributed by atoms with E-state index in [1.807, 2.05) is 0 Å². The zero-order valence-electron chi connectivity index (χ0n) is 10.2. The van der Waals surface area contributed by atoms with Gasteiger partial charge in [-0.05, 0) is 12.1 Å². The lowest BCUT2D eigenvalue weighted by molar-refractivity contribution is 0.0600. The van der Waals surface area contributed by atoms with Gasteiger partial charge < -0.3 is 4.74 Å². The van der Waals surface area contributed by atoms with Crippen molar-refractivity contribution in [3.63, 3.8) is 0 Å². The molecule has 0 heterocycles. The molecule has 18 heavy (non-hydrogen) atoms. The first-order valence-electron chi connectivity index (χ1n) is 5.23. The molecule has 0 spiro atoms. The number of sulfone groups is 1. The molecule has 0 radical (unpaired) electrons. The third-order valence-corrected chi connectivity index (χ3v) is 3.27. The number of Topliss-reactive ketones (excluding diaryl/α,β-unsaturated/α-hetero) is 1. The largest absolute Gasteiger partial charge is 0.465 e. The van der Waals surface area contributed by atoms with Crippen LogP contribution in [0.1, 0.15) is 27.1 Å². The van der Waals surface area contributed by atoms with Crippen molar-refractivity contribution < 1.29 is 22.7 Å². The maximum atomic E-state index is 11.7. The third-order valence-electron chi connectivity index (χ3n) is 2.33. The van der Waals surface area contributed by atoms with Gasteiger partial charge in [0.15, 0.2) is 5.78 Å². The molecule has 1 aromatic rings. The number of carbonyl (C=O) groups is 2. The minimum atomic E-state index is -3.15. The second kappa shape index (κ2) is 5.77. The molecule has 0 saturated heterocycles. The first-order valence-corrected chi connectivity index (χ1v) is 7.29. The topological polar surface area (TPSA) is 77.5 Å². The number of rotatable bonds is 5. The fourth-order valence-electron chi connectivity index (χ4n) is 1.33. The minimum Gasteiger partial charge on any atom is -0.465 e. The molecule has 0 aromatic heterocycles. The standard InChI is InChI=1S/C12H14O5S/c1-17-12(14)10-5-3-9(4-6-10)11(13)7-8-18(2,15)16/h3-6H,7-8H2,1-2H3. The predicted molar refractivity (Wildman–Crippen MR) is 66.4 cm³/mol. The van der Waals surface area contributed by atoms with Crippen molar-refractivity contribution in [1.29, 1.82) is 0 Å². The third kappa shape index (κ3) is 4.29. The summed E-state index contributed by atoms with van der Waals surface area (Å²) in [6, 6.07) is 5.91. The highest BCUT2D eigenvalue weighted by Gasteiger charge is 2.11. The number of ether oxygens (including phenoxy) is 1. The summed E-state index contributed by atoms with van der Waals surface area (Å²) in [5.41, 5.74) is 0.725. The maximum Gasteiger partial charge on any atom is 0.337 e. The summed E-state index contributed by atoms with van der Waals surface area (Å²) >= 11 is 0. The molecule has 0 bridgehead atoms. The molecule has 0 aliphatic rings. The molecular formula is C12H14O5S. The van der Waals surface area contributed by atoms with Gasteiger partial charge in [0.25, 0.3) is 0 Å². The predicted octanol–water partition coefficient (Wildman–Crippen LogP) is 1.09. The van der Waals surface area contributed by atoms with Gasteiger partial charge in [-0.2, -0.15) is 0 Å². The number of methoxy groups -OCH3 is 1. The highest BCUT2D eigenvalue weighted by atomic mass is 32.2. The van der Waals surface area contributed by atoms with Crippen molar-refractivity contribution in [3.05, 3.63) is 35.4 Å². The summed E-state index contributed by atoms with van der Waals surface area (Å²) in [5.74, 6) is -0.924. The molecule has 5 nitrogen and oxygen atoms in total. The van der Waals surface area contributed by atoms with Gasteiger partial charge in [-0.1, -0.05) is 12.1 Å². The molecule has 98 valence electrons. The van der Waals surface area contributed by atoms with E-state index in [1.165, 1.54) is 31.4 Å². The average molecular weight is 270 g/mol. The van der Waals surface area contributed by atoms with Crippen molar-refractivity contribution in [2.45, 2.75) is 6.42 Å². The lowest BCUT2D eigenvalue weighted by atomic mass is 10.1. The van der Waals surface area contributed by atoms with Crippen molar-refractivity contribution in [1.82, 2.24) is 0 Å². The van der Waals surface area contributed by atoms with Crippen LogP contribution in [0.3, 0.4) is 0 Å². The molecule has 0 fully saturated rings. The molecule has 0 aliphatic carbocycles. The normalized spacial score (nSPS) is 11.0. The summed E-state index contributed by atoms with van der Waals surface area (Å²) in [4.78, 5) is 22.8. The number of carbonyl (C=O) groups excluding carboxylic acids is 2. The molecule has 0 amide bonds. The van der Waals surface area contributed by atoms with Gasteiger partial charge in [-0.25, -0.2) is 13.2 Å². The molecule has 6 heteroatoms. The van der Waals surface area contributed by atoms with Gasteiger partial charge in [-0.15, -0.1) is 0 Å². The Bertz CT molecular complexity index is 542. The van der Waals surface area contributed by atoms with Gasteiger partial charge in [0.05, 0.1) is 18.4 Å². The Labute approximate surface area is 106 Å². The van der Waals surface area contributed by atoms with Crippen molar-refractivity contribution in [3.8, 4) is 0 Å². The zero-order chi connectivity index (χ0) is 13.8. The van der Waals surface area contributed by atoms with E-state index in [9.17, 15) is 18.0 Å². The van der Waals surface area contributed by atoms with E-state index in [2.05, 4.69) is 4.74 Å². The molecule has 0 N–H and O–H groups in total. The molecule has 0 atom stereocenters. The van der Waals surface area contributed by atoms with Crippen molar-refractivity contribution in [2.24, 2.45) is 0 Å². The molecule has 0 unspecified atom stereocenters. The smallest absolute Gasteiger partial charge is 0.337 e. The Kier molecular flexibility index (Phi) is 4.61. The first-order chi connectivity index (χ1) is 8.33. The first kappa shape index (κ1) is 14.4. The number of esters is 1. The summed E-state index contributed by atoms with van der Waals surface area (Å²) in [6.07, 6.45) is 1.02. The van der Waals surface area contributed by atoms with Crippen LogP contribution in [-0.4, -0.2) is 39.3 Å². The minimum absolute atomic E-state index is 0.0591.